The molecule has 0 radical (unpaired) electrons. The van der Waals surface area contributed by atoms with Crippen molar-refractivity contribution in [1.29, 1.82) is 0 Å². The van der Waals surface area contributed by atoms with Crippen LogP contribution in [0.2, 0.25) is 0 Å². The number of alkyl halides is 5. The van der Waals surface area contributed by atoms with Crippen molar-refractivity contribution in [3.8, 4) is 0 Å². The standard InChI is InChI=1S/C8H8F5NO3/c9-7(10,8(11,12)13)6(17)14-3-1-2-4(14)5(15)16/h4H,1-3H2,(H,15,16). The number of carbonyl (C=O) groups is 2. The predicted octanol–water partition coefficient (Wildman–Crippen LogP) is 1.26. The summed E-state index contributed by atoms with van der Waals surface area (Å²) in [6.07, 6.45) is -6.07. The van der Waals surface area contributed by atoms with E-state index in [4.69, 9.17) is 5.11 Å². The minimum absolute atomic E-state index is 0.0653. The molecular weight excluding hydrogens is 253 g/mol. The van der Waals surface area contributed by atoms with Crippen molar-refractivity contribution in [3.05, 3.63) is 0 Å². The topological polar surface area (TPSA) is 57.6 Å². The summed E-state index contributed by atoms with van der Waals surface area (Å²) in [6, 6.07) is -1.62. The van der Waals surface area contributed by atoms with Crippen LogP contribution in [0.15, 0.2) is 0 Å². The van der Waals surface area contributed by atoms with Gasteiger partial charge in [0.1, 0.15) is 6.04 Å². The van der Waals surface area contributed by atoms with Crippen LogP contribution in [0.25, 0.3) is 0 Å². The molecule has 1 rings (SSSR count). The first-order valence-corrected chi connectivity index (χ1v) is 4.57. The van der Waals surface area contributed by atoms with Gasteiger partial charge in [0, 0.05) is 6.54 Å². The minimum atomic E-state index is -6.02. The highest BCUT2D eigenvalue weighted by atomic mass is 19.4. The first-order chi connectivity index (χ1) is 7.59. The summed E-state index contributed by atoms with van der Waals surface area (Å²) in [5, 5.41) is 8.58. The van der Waals surface area contributed by atoms with E-state index in [9.17, 15) is 31.5 Å². The summed E-state index contributed by atoms with van der Waals surface area (Å²) in [4.78, 5) is 21.7. The molecule has 1 N–H and O–H groups in total. The second kappa shape index (κ2) is 4.11. The average Bonchev–Trinajstić information content (AvgIpc) is 2.62. The second-order valence-electron chi connectivity index (χ2n) is 3.57. The molecule has 9 heteroatoms. The van der Waals surface area contributed by atoms with E-state index < -0.39 is 36.6 Å². The smallest absolute Gasteiger partial charge is 0.463 e. The van der Waals surface area contributed by atoms with Crippen molar-refractivity contribution in [3.63, 3.8) is 0 Å². The number of aliphatic carboxylic acids is 1. The number of carbonyl (C=O) groups excluding carboxylic acids is 1. The monoisotopic (exact) mass is 261 g/mol. The Morgan fingerprint density at radius 1 is 1.18 bits per heavy atom. The predicted molar refractivity (Wildman–Crippen MR) is 43.4 cm³/mol. The molecule has 0 spiro atoms. The Morgan fingerprint density at radius 2 is 1.71 bits per heavy atom. The van der Waals surface area contributed by atoms with E-state index in [1.807, 2.05) is 0 Å². The van der Waals surface area contributed by atoms with Crippen molar-refractivity contribution in [2.24, 2.45) is 0 Å². The molecule has 98 valence electrons. The van der Waals surface area contributed by atoms with E-state index >= 15 is 0 Å². The Labute approximate surface area is 92.0 Å². The maximum absolute atomic E-state index is 12.7. The fraction of sp³-hybridized carbons (Fsp3) is 0.750. The third-order valence-corrected chi connectivity index (χ3v) is 2.42. The Kier molecular flexibility index (Phi) is 3.30. The number of amides is 1. The minimum Gasteiger partial charge on any atom is -0.480 e. The third kappa shape index (κ3) is 2.32. The number of carboxylic acids is 1. The summed E-state index contributed by atoms with van der Waals surface area (Å²) < 4.78 is 61.2. The molecular formula is C8H8F5NO3. The molecule has 1 saturated heterocycles. The molecule has 0 saturated carbocycles. The van der Waals surface area contributed by atoms with Gasteiger partial charge in [0.15, 0.2) is 0 Å². The van der Waals surface area contributed by atoms with E-state index in [2.05, 4.69) is 0 Å². The molecule has 1 fully saturated rings. The number of likely N-dealkylation sites (tertiary alicyclic amines) is 1. The van der Waals surface area contributed by atoms with Gasteiger partial charge in [-0.2, -0.15) is 22.0 Å². The zero-order chi connectivity index (χ0) is 13.4. The van der Waals surface area contributed by atoms with Crippen molar-refractivity contribution in [1.82, 2.24) is 4.90 Å². The maximum atomic E-state index is 12.7. The van der Waals surface area contributed by atoms with Crippen LogP contribution in [-0.2, 0) is 9.59 Å². The zero-order valence-corrected chi connectivity index (χ0v) is 8.30. The molecule has 0 aliphatic carbocycles. The lowest BCUT2D eigenvalue weighted by Crippen LogP contribution is -2.54. The largest absolute Gasteiger partial charge is 0.480 e. The molecule has 17 heavy (non-hydrogen) atoms. The van der Waals surface area contributed by atoms with Crippen LogP contribution in [0.4, 0.5) is 22.0 Å². The van der Waals surface area contributed by atoms with E-state index in [0.29, 0.717) is 0 Å². The lowest BCUT2D eigenvalue weighted by molar-refractivity contribution is -0.274. The highest BCUT2D eigenvalue weighted by molar-refractivity contribution is 5.89. The van der Waals surface area contributed by atoms with Crippen LogP contribution < -0.4 is 0 Å². The summed E-state index contributed by atoms with van der Waals surface area (Å²) in [5.41, 5.74) is 0. The Balaban J connectivity index is 2.94. The number of carboxylic acid groups (broad SMARTS) is 1. The molecule has 1 unspecified atom stereocenters. The van der Waals surface area contributed by atoms with E-state index in [0.717, 1.165) is 0 Å². The summed E-state index contributed by atoms with van der Waals surface area (Å²) in [7, 11) is 0. The van der Waals surface area contributed by atoms with Gasteiger partial charge in [0.05, 0.1) is 0 Å². The molecule has 1 aliphatic heterocycles. The Bertz CT molecular complexity index is 341. The fourth-order valence-electron chi connectivity index (χ4n) is 1.57. The van der Waals surface area contributed by atoms with Gasteiger partial charge in [-0.1, -0.05) is 0 Å². The van der Waals surface area contributed by atoms with Crippen LogP contribution in [-0.4, -0.2) is 46.6 Å². The lowest BCUT2D eigenvalue weighted by atomic mass is 10.2. The van der Waals surface area contributed by atoms with Crippen molar-refractivity contribution >= 4 is 11.9 Å². The van der Waals surface area contributed by atoms with Crippen molar-refractivity contribution in [2.75, 3.05) is 6.54 Å². The van der Waals surface area contributed by atoms with Gasteiger partial charge in [0.2, 0.25) is 0 Å². The van der Waals surface area contributed by atoms with Gasteiger partial charge < -0.3 is 10.0 Å². The quantitative estimate of drug-likeness (QED) is 0.761. The number of rotatable bonds is 2. The lowest BCUT2D eigenvalue weighted by Gasteiger charge is -2.27. The normalized spacial score (nSPS) is 21.7. The molecule has 0 aromatic rings. The van der Waals surface area contributed by atoms with E-state index in [-0.39, 0.29) is 17.7 Å². The second-order valence-corrected chi connectivity index (χ2v) is 3.57. The molecule has 1 atom stereocenters. The molecule has 1 heterocycles. The van der Waals surface area contributed by atoms with Gasteiger partial charge >= 0.3 is 24.0 Å². The summed E-state index contributed by atoms with van der Waals surface area (Å²) in [5.74, 6) is -9.64. The fourth-order valence-corrected chi connectivity index (χ4v) is 1.57. The number of hydrogen-bond acceptors (Lipinski definition) is 2. The SMILES string of the molecule is O=C(O)C1CCCN1C(=O)C(F)(F)C(F)(F)F. The zero-order valence-electron chi connectivity index (χ0n) is 8.30. The van der Waals surface area contributed by atoms with Crippen LogP contribution in [0.1, 0.15) is 12.8 Å². The van der Waals surface area contributed by atoms with Gasteiger partial charge in [-0.25, -0.2) is 4.79 Å². The average molecular weight is 261 g/mol. The highest BCUT2D eigenvalue weighted by Crippen LogP contribution is 2.38. The van der Waals surface area contributed by atoms with Crippen LogP contribution in [0, 0.1) is 0 Å². The van der Waals surface area contributed by atoms with Gasteiger partial charge in [-0.3, -0.25) is 4.79 Å². The molecule has 0 bridgehead atoms. The summed E-state index contributed by atoms with van der Waals surface area (Å²) in [6.45, 7) is -0.415. The highest BCUT2D eigenvalue weighted by Gasteiger charge is 2.65. The van der Waals surface area contributed by atoms with Crippen LogP contribution in [0.5, 0.6) is 0 Å². The number of nitrogens with zero attached hydrogens (tertiary/aromatic N) is 1. The van der Waals surface area contributed by atoms with Crippen LogP contribution in [0.3, 0.4) is 0 Å². The molecule has 1 amide bonds. The molecule has 0 aromatic carbocycles. The molecule has 4 nitrogen and oxygen atoms in total. The van der Waals surface area contributed by atoms with E-state index in [1.165, 1.54) is 0 Å². The first kappa shape index (κ1) is 13.7. The number of halogens is 5. The summed E-state index contributed by atoms with van der Waals surface area (Å²) >= 11 is 0. The van der Waals surface area contributed by atoms with Crippen molar-refractivity contribution < 1.29 is 36.6 Å². The number of hydrogen-bond donors (Lipinski definition) is 1. The van der Waals surface area contributed by atoms with Crippen LogP contribution >= 0.6 is 0 Å². The van der Waals surface area contributed by atoms with Gasteiger partial charge in [-0.05, 0) is 12.8 Å². The first-order valence-electron chi connectivity index (χ1n) is 4.57. The third-order valence-electron chi connectivity index (χ3n) is 2.42. The Hall–Kier alpha value is -1.41. The molecule has 0 aromatic heterocycles. The maximum Gasteiger partial charge on any atom is 0.463 e. The Morgan fingerprint density at radius 3 is 2.12 bits per heavy atom. The van der Waals surface area contributed by atoms with Gasteiger partial charge in [0.25, 0.3) is 0 Å². The van der Waals surface area contributed by atoms with Gasteiger partial charge in [-0.15, -0.1) is 0 Å². The van der Waals surface area contributed by atoms with Crippen molar-refractivity contribution in [2.45, 2.75) is 31.0 Å². The molecule has 1 aliphatic rings. The van der Waals surface area contributed by atoms with E-state index in [1.54, 1.807) is 0 Å².